The van der Waals surface area contributed by atoms with E-state index in [0.29, 0.717) is 27.2 Å². The van der Waals surface area contributed by atoms with Gasteiger partial charge in [-0.2, -0.15) is 10.1 Å². The third kappa shape index (κ3) is 4.22. The van der Waals surface area contributed by atoms with Gasteiger partial charge >= 0.3 is 5.69 Å². The molecule has 0 atom stereocenters. The van der Waals surface area contributed by atoms with E-state index in [1.807, 2.05) is 0 Å². The number of anilines is 1. The summed E-state index contributed by atoms with van der Waals surface area (Å²) in [5, 5.41) is 9.62. The van der Waals surface area contributed by atoms with Crippen molar-refractivity contribution < 1.29 is 9.53 Å². The molecule has 0 saturated heterocycles. The first-order valence-electron chi connectivity index (χ1n) is 6.19. The highest BCUT2D eigenvalue weighted by molar-refractivity contribution is 8.00. The Morgan fingerprint density at radius 1 is 1.50 bits per heavy atom. The first kappa shape index (κ1) is 16.3. The van der Waals surface area contributed by atoms with Crippen molar-refractivity contribution in [3.8, 4) is 5.75 Å². The number of carbonyl (C=O) groups excluding carboxylic acids is 1. The van der Waals surface area contributed by atoms with Crippen molar-refractivity contribution in [2.75, 3.05) is 18.2 Å². The molecule has 0 unspecified atom stereocenters. The van der Waals surface area contributed by atoms with E-state index in [4.69, 9.17) is 16.3 Å². The third-order valence-electron chi connectivity index (χ3n) is 2.61. The van der Waals surface area contributed by atoms with Crippen molar-refractivity contribution in [3.63, 3.8) is 0 Å². The van der Waals surface area contributed by atoms with Crippen LogP contribution in [0, 0.1) is 6.92 Å². The smallest absolute Gasteiger partial charge is 0.362 e. The van der Waals surface area contributed by atoms with Crippen LogP contribution in [0.1, 0.15) is 5.69 Å². The number of amides is 1. The third-order valence-corrected chi connectivity index (χ3v) is 3.91. The Labute approximate surface area is 135 Å². The van der Waals surface area contributed by atoms with Gasteiger partial charge in [-0.25, -0.2) is 9.89 Å². The summed E-state index contributed by atoms with van der Waals surface area (Å²) >= 11 is 7.03. The normalized spacial score (nSPS) is 10.3. The van der Waals surface area contributed by atoms with Crippen LogP contribution in [0.3, 0.4) is 0 Å². The second-order valence-electron chi connectivity index (χ2n) is 4.21. The number of aryl methyl sites for hydroxylation is 1. The highest BCUT2D eigenvalue weighted by Crippen LogP contribution is 2.28. The van der Waals surface area contributed by atoms with Crippen LogP contribution in [0.4, 0.5) is 5.69 Å². The number of ether oxygens (including phenoxy) is 1. The van der Waals surface area contributed by atoms with Gasteiger partial charge in [-0.3, -0.25) is 4.79 Å². The van der Waals surface area contributed by atoms with Crippen LogP contribution in [-0.2, 0) is 4.79 Å². The Morgan fingerprint density at radius 3 is 3.00 bits per heavy atom. The fourth-order valence-electron chi connectivity index (χ4n) is 1.61. The second kappa shape index (κ2) is 7.28. The lowest BCUT2D eigenvalue weighted by atomic mass is 10.3. The molecule has 2 N–H and O–H groups in total. The second-order valence-corrected chi connectivity index (χ2v) is 5.61. The summed E-state index contributed by atoms with van der Waals surface area (Å²) in [6, 6.07) is 4.93. The number of aromatic amines is 1. The Bertz CT molecular complexity index is 750. The summed E-state index contributed by atoms with van der Waals surface area (Å²) in [4.78, 5) is 26.9. The van der Waals surface area contributed by atoms with Crippen molar-refractivity contribution in [2.24, 2.45) is 0 Å². The van der Waals surface area contributed by atoms with Gasteiger partial charge in [0.25, 0.3) is 0 Å². The highest BCUT2D eigenvalue weighted by Gasteiger charge is 2.11. The van der Waals surface area contributed by atoms with Gasteiger partial charge in [0, 0.05) is 5.02 Å². The Hall–Kier alpha value is -2.06. The van der Waals surface area contributed by atoms with E-state index in [1.54, 1.807) is 25.1 Å². The van der Waals surface area contributed by atoms with E-state index >= 15 is 0 Å². The molecule has 0 fully saturated rings. The number of aromatic nitrogens is 3. The van der Waals surface area contributed by atoms with E-state index in [9.17, 15) is 9.59 Å². The number of halogens is 1. The van der Waals surface area contributed by atoms with Gasteiger partial charge in [0.15, 0.2) is 0 Å². The SMILES string of the molecule is COc1ccc(Cl)cc1NC(=O)CSc1nc(=O)[nH]nc1C. The molecule has 22 heavy (non-hydrogen) atoms. The molecule has 0 spiro atoms. The van der Waals surface area contributed by atoms with Gasteiger partial charge in [0.1, 0.15) is 10.8 Å². The van der Waals surface area contributed by atoms with Crippen molar-refractivity contribution in [2.45, 2.75) is 11.9 Å². The zero-order valence-corrected chi connectivity index (χ0v) is 13.4. The molecule has 7 nitrogen and oxygen atoms in total. The largest absolute Gasteiger partial charge is 0.495 e. The lowest BCUT2D eigenvalue weighted by Crippen LogP contribution is -2.17. The maximum atomic E-state index is 12.0. The monoisotopic (exact) mass is 340 g/mol. The average Bonchev–Trinajstić information content (AvgIpc) is 2.48. The first-order chi connectivity index (χ1) is 10.5. The fraction of sp³-hybridized carbons (Fsp3) is 0.231. The molecule has 2 rings (SSSR count). The van der Waals surface area contributed by atoms with Crippen LogP contribution < -0.4 is 15.7 Å². The molecule has 1 aromatic carbocycles. The Morgan fingerprint density at radius 2 is 2.27 bits per heavy atom. The number of thioether (sulfide) groups is 1. The summed E-state index contributed by atoms with van der Waals surface area (Å²) < 4.78 is 5.15. The van der Waals surface area contributed by atoms with Crippen LogP contribution >= 0.6 is 23.4 Å². The lowest BCUT2D eigenvalue weighted by molar-refractivity contribution is -0.113. The Kier molecular flexibility index (Phi) is 5.40. The van der Waals surface area contributed by atoms with Crippen molar-refractivity contribution in [1.82, 2.24) is 15.2 Å². The van der Waals surface area contributed by atoms with Gasteiger partial charge in [-0.1, -0.05) is 23.4 Å². The summed E-state index contributed by atoms with van der Waals surface area (Å²) in [5.74, 6) is 0.316. The van der Waals surface area contributed by atoms with Crippen molar-refractivity contribution >= 4 is 35.0 Å². The zero-order valence-electron chi connectivity index (χ0n) is 11.8. The lowest BCUT2D eigenvalue weighted by Gasteiger charge is -2.10. The molecule has 0 radical (unpaired) electrons. The highest BCUT2D eigenvalue weighted by atomic mass is 35.5. The van der Waals surface area contributed by atoms with Gasteiger partial charge in [0.2, 0.25) is 5.91 Å². The molecule has 9 heteroatoms. The minimum Gasteiger partial charge on any atom is -0.495 e. The van der Waals surface area contributed by atoms with Crippen molar-refractivity contribution in [3.05, 3.63) is 39.4 Å². The maximum absolute atomic E-state index is 12.0. The minimum absolute atomic E-state index is 0.0780. The number of nitrogens with one attached hydrogen (secondary N) is 2. The summed E-state index contributed by atoms with van der Waals surface area (Å²) in [7, 11) is 1.50. The number of H-pyrrole nitrogens is 1. The molecular weight excluding hydrogens is 328 g/mol. The molecule has 0 aliphatic rings. The minimum atomic E-state index is -0.551. The predicted molar refractivity (Wildman–Crippen MR) is 84.7 cm³/mol. The number of nitrogens with zero attached hydrogens (tertiary/aromatic N) is 2. The number of carbonyl (C=O) groups is 1. The maximum Gasteiger partial charge on any atom is 0.362 e. The molecule has 0 saturated carbocycles. The molecule has 1 aromatic heterocycles. The number of hydrogen-bond donors (Lipinski definition) is 2. The predicted octanol–water partition coefficient (Wildman–Crippen LogP) is 1.87. The van der Waals surface area contributed by atoms with E-state index in [0.717, 1.165) is 11.8 Å². The Balaban J connectivity index is 2.03. The average molecular weight is 341 g/mol. The van der Waals surface area contributed by atoms with Gasteiger partial charge < -0.3 is 10.1 Å². The van der Waals surface area contributed by atoms with Crippen LogP contribution in [0.15, 0.2) is 28.0 Å². The number of benzene rings is 1. The number of methoxy groups -OCH3 is 1. The molecule has 0 bridgehead atoms. The zero-order chi connectivity index (χ0) is 16.1. The molecule has 1 heterocycles. The fourth-order valence-corrected chi connectivity index (χ4v) is 2.53. The van der Waals surface area contributed by atoms with Gasteiger partial charge in [0.05, 0.1) is 24.2 Å². The summed E-state index contributed by atoms with van der Waals surface area (Å²) in [6.45, 7) is 1.70. The van der Waals surface area contributed by atoms with E-state index in [-0.39, 0.29) is 11.7 Å². The molecule has 116 valence electrons. The van der Waals surface area contributed by atoms with E-state index in [1.165, 1.54) is 7.11 Å². The topological polar surface area (TPSA) is 97.0 Å². The summed E-state index contributed by atoms with van der Waals surface area (Å²) in [5.41, 5.74) is 0.483. The van der Waals surface area contributed by atoms with E-state index < -0.39 is 5.69 Å². The van der Waals surface area contributed by atoms with E-state index in [2.05, 4.69) is 20.5 Å². The molecule has 0 aliphatic carbocycles. The molecule has 2 aromatic rings. The molecule has 0 aliphatic heterocycles. The van der Waals surface area contributed by atoms with Crippen LogP contribution in [0.2, 0.25) is 5.02 Å². The first-order valence-corrected chi connectivity index (χ1v) is 7.55. The van der Waals surface area contributed by atoms with Crippen molar-refractivity contribution in [1.29, 1.82) is 0 Å². The van der Waals surface area contributed by atoms with Gasteiger partial charge in [-0.15, -0.1) is 0 Å². The van der Waals surface area contributed by atoms with Crippen LogP contribution in [-0.4, -0.2) is 34.0 Å². The standard InChI is InChI=1S/C13H13ClN4O3S/c1-7-12(16-13(20)18-17-7)22-6-11(19)15-9-5-8(14)3-4-10(9)21-2/h3-5H,6H2,1-2H3,(H,15,19)(H,16,18,20). The molecular formula is C13H13ClN4O3S. The number of hydrogen-bond acceptors (Lipinski definition) is 6. The van der Waals surface area contributed by atoms with Crippen LogP contribution in [0.5, 0.6) is 5.75 Å². The summed E-state index contributed by atoms with van der Waals surface area (Å²) in [6.07, 6.45) is 0. The molecule has 1 amide bonds. The van der Waals surface area contributed by atoms with Gasteiger partial charge in [-0.05, 0) is 25.1 Å². The quantitative estimate of drug-likeness (QED) is 0.806. The number of rotatable bonds is 5. The van der Waals surface area contributed by atoms with Crippen LogP contribution in [0.25, 0.3) is 0 Å².